The molecule has 1 aromatic carbocycles. The first kappa shape index (κ1) is 19.8. The Morgan fingerprint density at radius 3 is 2.73 bits per heavy atom. The Labute approximate surface area is 185 Å². The van der Waals surface area contributed by atoms with Gasteiger partial charge in [-0.15, -0.1) is 11.3 Å². The van der Waals surface area contributed by atoms with Crippen LogP contribution in [-0.4, -0.2) is 35.5 Å². The molecule has 30 heavy (non-hydrogen) atoms. The number of benzene rings is 1. The van der Waals surface area contributed by atoms with Gasteiger partial charge in [0.2, 0.25) is 5.91 Å². The first-order valence-corrected chi connectivity index (χ1v) is 11.5. The average molecular weight is 442 g/mol. The molecule has 7 heteroatoms. The number of fused-ring (bicyclic) bond motifs is 4. The van der Waals surface area contributed by atoms with E-state index in [1.165, 1.54) is 15.3 Å². The molecule has 156 valence electrons. The number of carbonyl (C=O) groups excluding carboxylic acids is 1. The molecule has 4 unspecified atom stereocenters. The quantitative estimate of drug-likeness (QED) is 0.755. The van der Waals surface area contributed by atoms with Crippen molar-refractivity contribution in [2.24, 2.45) is 16.1 Å². The van der Waals surface area contributed by atoms with Gasteiger partial charge in [0.1, 0.15) is 5.54 Å². The minimum absolute atomic E-state index is 0.0189. The van der Waals surface area contributed by atoms with Crippen molar-refractivity contribution in [3.63, 3.8) is 0 Å². The van der Waals surface area contributed by atoms with E-state index < -0.39 is 5.54 Å². The number of amides is 1. The molecule has 0 radical (unpaired) electrons. The molecule has 5 rings (SSSR count). The number of aryl methyl sites for hydroxylation is 1. The number of halogens is 1. The molecule has 1 fully saturated rings. The van der Waals surface area contributed by atoms with Crippen LogP contribution in [0.25, 0.3) is 0 Å². The molecule has 1 aromatic heterocycles. The van der Waals surface area contributed by atoms with Gasteiger partial charge in [-0.3, -0.25) is 9.79 Å². The first-order valence-electron chi connectivity index (χ1n) is 10.3. The van der Waals surface area contributed by atoms with Gasteiger partial charge in [0.25, 0.3) is 0 Å². The van der Waals surface area contributed by atoms with E-state index in [1.807, 2.05) is 38.1 Å². The van der Waals surface area contributed by atoms with Crippen LogP contribution in [0.3, 0.4) is 0 Å². The monoisotopic (exact) mass is 441 g/mol. The van der Waals surface area contributed by atoms with Crippen LogP contribution >= 0.6 is 22.9 Å². The third-order valence-electron chi connectivity index (χ3n) is 6.57. The summed E-state index contributed by atoms with van der Waals surface area (Å²) in [7, 11) is 0. The third kappa shape index (κ3) is 2.77. The predicted molar refractivity (Wildman–Crippen MR) is 121 cm³/mol. The molecule has 2 aromatic rings. The maximum Gasteiger partial charge on any atom is 0.225 e. The fraction of sp³-hybridized carbons (Fsp3) is 0.435. The lowest BCUT2D eigenvalue weighted by molar-refractivity contribution is -0.123. The molecule has 0 bridgehead atoms. The summed E-state index contributed by atoms with van der Waals surface area (Å²) in [5.74, 6) is -0.143. The number of thiophene rings is 1. The van der Waals surface area contributed by atoms with Gasteiger partial charge in [-0.2, -0.15) is 0 Å². The molecule has 1 amide bonds. The molecule has 1 saturated carbocycles. The number of carbonyl (C=O) groups is 1. The molecule has 2 aliphatic heterocycles. The number of hydrogen-bond acceptors (Lipinski definition) is 5. The highest BCUT2D eigenvalue weighted by Crippen LogP contribution is 2.59. The number of nitrogens with one attached hydrogen (secondary N) is 1. The third-order valence-corrected chi connectivity index (χ3v) is 8.11. The Balaban J connectivity index is 1.74. The Morgan fingerprint density at radius 2 is 2.03 bits per heavy atom. The van der Waals surface area contributed by atoms with E-state index in [0.29, 0.717) is 18.0 Å². The van der Waals surface area contributed by atoms with E-state index in [9.17, 15) is 4.79 Å². The van der Waals surface area contributed by atoms with Crippen LogP contribution < -0.4 is 5.32 Å². The van der Waals surface area contributed by atoms with Gasteiger partial charge in [0, 0.05) is 32.4 Å². The highest BCUT2D eigenvalue weighted by Gasteiger charge is 2.69. The van der Waals surface area contributed by atoms with Crippen molar-refractivity contribution in [1.82, 2.24) is 5.32 Å². The molecule has 1 aliphatic carbocycles. The Kier molecular flexibility index (Phi) is 4.56. The lowest BCUT2D eigenvalue weighted by atomic mass is 9.87. The zero-order chi connectivity index (χ0) is 21.2. The van der Waals surface area contributed by atoms with E-state index in [4.69, 9.17) is 21.4 Å². The Hall–Kier alpha value is -2.18. The van der Waals surface area contributed by atoms with Crippen LogP contribution in [0.1, 0.15) is 52.6 Å². The van der Waals surface area contributed by atoms with E-state index in [2.05, 4.69) is 24.3 Å². The summed E-state index contributed by atoms with van der Waals surface area (Å²) in [6.07, 6.45) is 0.415. The maximum atomic E-state index is 12.8. The molecule has 0 saturated heterocycles. The summed E-state index contributed by atoms with van der Waals surface area (Å²) in [5.41, 5.74) is 4.69. The van der Waals surface area contributed by atoms with Crippen molar-refractivity contribution in [1.29, 1.82) is 0 Å². The number of rotatable bonds is 3. The second-order valence-corrected chi connectivity index (χ2v) is 10.1. The van der Waals surface area contributed by atoms with Crippen molar-refractivity contribution in [3.8, 4) is 0 Å². The van der Waals surface area contributed by atoms with Crippen LogP contribution in [0.2, 0.25) is 5.02 Å². The normalized spacial score (nSPS) is 28.8. The summed E-state index contributed by atoms with van der Waals surface area (Å²) in [4.78, 5) is 26.6. The zero-order valence-electron chi connectivity index (χ0n) is 17.5. The molecular weight excluding hydrogens is 418 g/mol. The van der Waals surface area contributed by atoms with Crippen LogP contribution in [0, 0.1) is 19.8 Å². The molecule has 3 heterocycles. The van der Waals surface area contributed by atoms with Gasteiger partial charge in [0.15, 0.2) is 6.10 Å². The SMILES string of the molecule is CCNC(=O)C1CC12N=C(c1ccc(Cl)cc1)c1c(sc(C)c1C)C1C(C)=NOC12. The van der Waals surface area contributed by atoms with Crippen LogP contribution in [-0.2, 0) is 9.63 Å². The summed E-state index contributed by atoms with van der Waals surface area (Å²) >= 11 is 7.95. The van der Waals surface area contributed by atoms with Crippen molar-refractivity contribution in [3.05, 3.63) is 55.7 Å². The topological polar surface area (TPSA) is 63.0 Å². The second kappa shape index (κ2) is 6.92. The average Bonchev–Trinajstić information content (AvgIpc) is 3.24. The van der Waals surface area contributed by atoms with Crippen molar-refractivity contribution >= 4 is 40.3 Å². The molecule has 4 atom stereocenters. The predicted octanol–water partition coefficient (Wildman–Crippen LogP) is 4.62. The zero-order valence-corrected chi connectivity index (χ0v) is 19.0. The molecule has 3 aliphatic rings. The molecule has 5 nitrogen and oxygen atoms in total. The van der Waals surface area contributed by atoms with E-state index >= 15 is 0 Å². The molecule has 1 spiro atoms. The van der Waals surface area contributed by atoms with Crippen LogP contribution in [0.4, 0.5) is 0 Å². The van der Waals surface area contributed by atoms with Gasteiger partial charge in [-0.05, 0) is 51.8 Å². The van der Waals surface area contributed by atoms with E-state index in [1.54, 1.807) is 11.3 Å². The van der Waals surface area contributed by atoms with Crippen LogP contribution in [0.5, 0.6) is 0 Å². The molecule has 1 N–H and O–H groups in total. The first-order chi connectivity index (χ1) is 14.4. The largest absolute Gasteiger partial charge is 0.389 e. The van der Waals surface area contributed by atoms with Crippen LogP contribution in [0.15, 0.2) is 34.4 Å². The summed E-state index contributed by atoms with van der Waals surface area (Å²) in [5, 5.41) is 8.01. The van der Waals surface area contributed by atoms with Gasteiger partial charge < -0.3 is 10.2 Å². The summed E-state index contributed by atoms with van der Waals surface area (Å²) in [6.45, 7) is 8.86. The van der Waals surface area contributed by atoms with Crippen molar-refractivity contribution < 1.29 is 9.63 Å². The number of aliphatic imine (C=N–C) groups is 1. The lowest BCUT2D eigenvalue weighted by Crippen LogP contribution is -2.38. The number of hydrogen-bond donors (Lipinski definition) is 1. The Morgan fingerprint density at radius 1 is 1.30 bits per heavy atom. The smallest absolute Gasteiger partial charge is 0.225 e. The second-order valence-electron chi connectivity index (χ2n) is 8.37. The van der Waals surface area contributed by atoms with Crippen molar-refractivity contribution in [2.45, 2.75) is 51.7 Å². The fourth-order valence-electron chi connectivity index (χ4n) is 4.82. The fourth-order valence-corrected chi connectivity index (χ4v) is 6.30. The van der Waals surface area contributed by atoms with Gasteiger partial charge in [-0.25, -0.2) is 0 Å². The number of oxime groups is 1. The maximum absolute atomic E-state index is 12.8. The minimum atomic E-state index is -0.598. The summed E-state index contributed by atoms with van der Waals surface area (Å²) < 4.78 is 0. The van der Waals surface area contributed by atoms with Gasteiger partial charge in [-0.1, -0.05) is 28.9 Å². The lowest BCUT2D eigenvalue weighted by Gasteiger charge is -2.23. The van der Waals surface area contributed by atoms with E-state index in [-0.39, 0.29) is 23.8 Å². The highest BCUT2D eigenvalue weighted by atomic mass is 35.5. The van der Waals surface area contributed by atoms with Gasteiger partial charge in [0.05, 0.1) is 23.3 Å². The van der Waals surface area contributed by atoms with Gasteiger partial charge >= 0.3 is 0 Å². The number of nitrogens with zero attached hydrogens (tertiary/aromatic N) is 2. The minimum Gasteiger partial charge on any atom is -0.389 e. The molecular formula is C23H24ClN3O2S. The summed E-state index contributed by atoms with van der Waals surface area (Å²) in [6, 6.07) is 7.81. The standard InChI is InChI=1S/C23H24ClN3O2S/c1-5-25-22(28)16-10-23(16)21-18(12(3)27-29-21)20-17(11(2)13(4)30-20)19(26-23)14-6-8-15(24)9-7-14/h6-9,16,18,21H,5,10H2,1-4H3,(H,25,28). The Bertz CT molecular complexity index is 1100. The van der Waals surface area contributed by atoms with Crippen molar-refractivity contribution in [2.75, 3.05) is 6.54 Å². The van der Waals surface area contributed by atoms with E-state index in [0.717, 1.165) is 22.6 Å². The highest BCUT2D eigenvalue weighted by molar-refractivity contribution is 7.12.